The lowest BCUT2D eigenvalue weighted by Crippen LogP contribution is -2.33. The molecule has 2 aromatic carbocycles. The molecule has 1 atom stereocenters. The number of benzene rings is 2. The van der Waals surface area contributed by atoms with Gasteiger partial charge in [0.1, 0.15) is 5.76 Å². The van der Waals surface area contributed by atoms with Gasteiger partial charge in [-0.25, -0.2) is 9.59 Å². The van der Waals surface area contributed by atoms with Crippen LogP contribution in [0.1, 0.15) is 87.9 Å². The van der Waals surface area contributed by atoms with E-state index in [4.69, 9.17) is 9.15 Å². The molecule has 1 aliphatic carbocycles. The molecular formula is C31H30N2O5. The highest BCUT2D eigenvalue weighted by Crippen LogP contribution is 2.39. The molecule has 38 heavy (non-hydrogen) atoms. The molecule has 0 saturated carbocycles. The Labute approximate surface area is 220 Å². The SMILES string of the molecule is CCOC(=O)c1ccc(Cn2cc(C3c4ccc(C)cc4C=Cc4cc(C(C)C)ccc43)c(=O)[nH]c2=O)o1. The zero-order valence-corrected chi connectivity index (χ0v) is 21.9. The Morgan fingerprint density at radius 3 is 2.42 bits per heavy atom. The van der Waals surface area contributed by atoms with E-state index in [1.807, 2.05) is 13.0 Å². The summed E-state index contributed by atoms with van der Waals surface area (Å²) in [5.74, 6) is -0.136. The molecular weight excluding hydrogens is 480 g/mol. The van der Waals surface area contributed by atoms with Crippen molar-refractivity contribution >= 4 is 18.1 Å². The van der Waals surface area contributed by atoms with Crippen LogP contribution >= 0.6 is 0 Å². The fraction of sp³-hybridized carbons (Fsp3) is 0.258. The number of nitrogens with one attached hydrogen (secondary N) is 1. The standard InChI is InChI=1S/C31H30N2O5/c1-5-37-30(35)27-13-10-23(38-27)16-33-17-26(29(34)32-31(33)36)28-24-11-6-19(4)14-21(24)7-8-22-15-20(18(2)3)9-12-25(22)28/h6-15,17-18,28H,5,16H2,1-4H3,(H,32,34,36). The number of carbonyl (C=O) groups is 1. The third-order valence-electron chi connectivity index (χ3n) is 6.90. The van der Waals surface area contributed by atoms with Gasteiger partial charge in [-0.2, -0.15) is 0 Å². The Morgan fingerprint density at radius 1 is 1.00 bits per heavy atom. The van der Waals surface area contributed by atoms with Crippen LogP contribution in [0.15, 0.2) is 68.7 Å². The van der Waals surface area contributed by atoms with Crippen LogP contribution < -0.4 is 11.2 Å². The third-order valence-corrected chi connectivity index (χ3v) is 6.90. The number of rotatable bonds is 6. The number of nitrogens with zero attached hydrogens (tertiary/aromatic N) is 1. The van der Waals surface area contributed by atoms with E-state index in [0.717, 1.165) is 27.8 Å². The van der Waals surface area contributed by atoms with Gasteiger partial charge in [0.25, 0.3) is 5.56 Å². The van der Waals surface area contributed by atoms with Gasteiger partial charge in [-0.05, 0) is 59.7 Å². The first-order valence-electron chi connectivity index (χ1n) is 12.8. The van der Waals surface area contributed by atoms with Crippen LogP contribution in [0.5, 0.6) is 0 Å². The van der Waals surface area contributed by atoms with E-state index < -0.39 is 17.2 Å². The second-order valence-corrected chi connectivity index (χ2v) is 9.90. The Bertz CT molecular complexity index is 1670. The molecule has 2 heterocycles. The van der Waals surface area contributed by atoms with Crippen molar-refractivity contribution in [2.45, 2.75) is 46.1 Å². The van der Waals surface area contributed by atoms with Gasteiger partial charge in [0, 0.05) is 17.7 Å². The third kappa shape index (κ3) is 4.79. The number of carbonyl (C=O) groups excluding carboxylic acids is 1. The van der Waals surface area contributed by atoms with E-state index in [-0.39, 0.29) is 24.8 Å². The van der Waals surface area contributed by atoms with E-state index >= 15 is 0 Å². The molecule has 0 spiro atoms. The molecule has 2 aromatic heterocycles. The average Bonchev–Trinajstić information content (AvgIpc) is 3.29. The quantitative estimate of drug-likeness (QED) is 0.307. The molecule has 0 saturated heterocycles. The predicted molar refractivity (Wildman–Crippen MR) is 147 cm³/mol. The van der Waals surface area contributed by atoms with Crippen LogP contribution in [0.2, 0.25) is 0 Å². The molecule has 4 aromatic rings. The minimum Gasteiger partial charge on any atom is -0.460 e. The molecule has 194 valence electrons. The number of esters is 1. The summed E-state index contributed by atoms with van der Waals surface area (Å²) in [7, 11) is 0. The summed E-state index contributed by atoms with van der Waals surface area (Å²) in [6.45, 7) is 8.34. The van der Waals surface area contributed by atoms with Crippen LogP contribution in [0.3, 0.4) is 0 Å². The molecule has 1 aliphatic rings. The van der Waals surface area contributed by atoms with Crippen LogP contribution in [0, 0.1) is 6.92 Å². The molecule has 1 N–H and O–H groups in total. The van der Waals surface area contributed by atoms with Crippen LogP contribution in [0.4, 0.5) is 0 Å². The predicted octanol–water partition coefficient (Wildman–Crippen LogP) is 5.45. The number of furan rings is 1. The number of ether oxygens (including phenoxy) is 1. The number of H-pyrrole nitrogens is 1. The van der Waals surface area contributed by atoms with Gasteiger partial charge in [0.05, 0.1) is 13.2 Å². The Morgan fingerprint density at radius 2 is 1.71 bits per heavy atom. The molecule has 0 radical (unpaired) electrons. The van der Waals surface area contributed by atoms with Crippen molar-refractivity contribution < 1.29 is 13.9 Å². The maximum absolute atomic E-state index is 13.3. The summed E-state index contributed by atoms with van der Waals surface area (Å²) in [6, 6.07) is 15.7. The summed E-state index contributed by atoms with van der Waals surface area (Å²) in [6.07, 6.45) is 5.80. The molecule has 0 aliphatic heterocycles. The van der Waals surface area contributed by atoms with Gasteiger partial charge in [0.15, 0.2) is 0 Å². The van der Waals surface area contributed by atoms with Crippen molar-refractivity contribution in [2.24, 2.45) is 0 Å². The van der Waals surface area contributed by atoms with Crippen LogP contribution in [-0.4, -0.2) is 22.1 Å². The normalized spacial score (nSPS) is 14.2. The van der Waals surface area contributed by atoms with E-state index in [1.54, 1.807) is 19.2 Å². The summed E-state index contributed by atoms with van der Waals surface area (Å²) in [5.41, 5.74) is 5.84. The highest BCUT2D eigenvalue weighted by Gasteiger charge is 2.27. The van der Waals surface area contributed by atoms with Crippen molar-refractivity contribution in [1.82, 2.24) is 9.55 Å². The van der Waals surface area contributed by atoms with Crippen molar-refractivity contribution in [2.75, 3.05) is 6.61 Å². The maximum atomic E-state index is 13.3. The topological polar surface area (TPSA) is 94.3 Å². The molecule has 5 rings (SSSR count). The largest absolute Gasteiger partial charge is 0.460 e. The summed E-state index contributed by atoms with van der Waals surface area (Å²) >= 11 is 0. The van der Waals surface area contributed by atoms with Gasteiger partial charge in [-0.1, -0.05) is 68.0 Å². The van der Waals surface area contributed by atoms with Crippen LogP contribution in [-0.2, 0) is 11.3 Å². The average molecular weight is 511 g/mol. The lowest BCUT2D eigenvalue weighted by molar-refractivity contribution is 0.0488. The summed E-state index contributed by atoms with van der Waals surface area (Å²) < 4.78 is 12.0. The lowest BCUT2D eigenvalue weighted by atomic mass is 9.82. The fourth-order valence-corrected chi connectivity index (χ4v) is 4.94. The Balaban J connectivity index is 1.64. The van der Waals surface area contributed by atoms with Gasteiger partial charge < -0.3 is 9.15 Å². The number of aryl methyl sites for hydroxylation is 1. The Hall–Kier alpha value is -4.39. The number of aromatic nitrogens is 2. The minimum atomic E-state index is -0.566. The first kappa shape index (κ1) is 25.3. The number of fused-ring (bicyclic) bond motifs is 2. The zero-order valence-electron chi connectivity index (χ0n) is 21.9. The molecule has 7 heteroatoms. The number of aromatic amines is 1. The van der Waals surface area contributed by atoms with Crippen LogP contribution in [0.25, 0.3) is 12.2 Å². The maximum Gasteiger partial charge on any atom is 0.374 e. The van der Waals surface area contributed by atoms with Crippen molar-refractivity contribution in [3.63, 3.8) is 0 Å². The zero-order chi connectivity index (χ0) is 27.0. The number of hydrogen-bond donors (Lipinski definition) is 1. The number of hydrogen-bond acceptors (Lipinski definition) is 5. The van der Waals surface area contributed by atoms with E-state index in [1.165, 1.54) is 16.2 Å². The molecule has 7 nitrogen and oxygen atoms in total. The van der Waals surface area contributed by atoms with E-state index in [9.17, 15) is 14.4 Å². The first-order valence-corrected chi connectivity index (χ1v) is 12.8. The molecule has 0 fully saturated rings. The first-order chi connectivity index (χ1) is 18.2. The summed E-state index contributed by atoms with van der Waals surface area (Å²) in [4.78, 5) is 40.6. The minimum absolute atomic E-state index is 0.0485. The second kappa shape index (κ2) is 10.2. The molecule has 1 unspecified atom stereocenters. The van der Waals surface area contributed by atoms with Crippen molar-refractivity contribution in [3.8, 4) is 0 Å². The van der Waals surface area contributed by atoms with E-state index in [0.29, 0.717) is 17.2 Å². The van der Waals surface area contributed by atoms with Gasteiger partial charge in [0.2, 0.25) is 5.76 Å². The van der Waals surface area contributed by atoms with Gasteiger partial charge in [-0.3, -0.25) is 14.3 Å². The van der Waals surface area contributed by atoms with Gasteiger partial charge >= 0.3 is 11.7 Å². The lowest BCUT2D eigenvalue weighted by Gasteiger charge is -2.22. The van der Waals surface area contributed by atoms with Gasteiger partial charge in [-0.15, -0.1) is 0 Å². The smallest absolute Gasteiger partial charge is 0.374 e. The Kier molecular flexibility index (Phi) is 6.76. The molecule has 0 amide bonds. The monoisotopic (exact) mass is 510 g/mol. The summed E-state index contributed by atoms with van der Waals surface area (Å²) in [5, 5.41) is 0. The van der Waals surface area contributed by atoms with E-state index in [2.05, 4.69) is 61.3 Å². The second-order valence-electron chi connectivity index (χ2n) is 9.90. The molecule has 0 bridgehead atoms. The van der Waals surface area contributed by atoms with Crippen molar-refractivity contribution in [3.05, 3.63) is 126 Å². The van der Waals surface area contributed by atoms with Crippen molar-refractivity contribution in [1.29, 1.82) is 0 Å². The highest BCUT2D eigenvalue weighted by atomic mass is 16.5. The fourth-order valence-electron chi connectivity index (χ4n) is 4.94. The highest BCUT2D eigenvalue weighted by molar-refractivity contribution is 5.86.